The van der Waals surface area contributed by atoms with E-state index in [1.807, 2.05) is 12.1 Å². The molecule has 3 fully saturated rings. The molecule has 1 aromatic carbocycles. The van der Waals surface area contributed by atoms with Gasteiger partial charge in [0.1, 0.15) is 11.6 Å². The van der Waals surface area contributed by atoms with Crippen molar-refractivity contribution < 1.29 is 27.5 Å². The molecule has 10 nitrogen and oxygen atoms in total. The Bertz CT molecular complexity index is 1200. The number of amides is 3. The Balaban J connectivity index is 1.15. The molecule has 4 aliphatic rings. The number of ether oxygens (including phenoxy) is 1. The van der Waals surface area contributed by atoms with Gasteiger partial charge in [0.2, 0.25) is 15.9 Å². The molecule has 0 unspecified atom stereocenters. The Morgan fingerprint density at radius 2 is 2.03 bits per heavy atom. The summed E-state index contributed by atoms with van der Waals surface area (Å²) in [6.07, 6.45) is 2.08. The van der Waals surface area contributed by atoms with E-state index >= 15 is 0 Å². The van der Waals surface area contributed by atoms with Crippen LogP contribution in [0.1, 0.15) is 36.8 Å². The number of halogens is 1. The predicted molar refractivity (Wildman–Crippen MR) is 127 cm³/mol. The molecule has 4 atom stereocenters. The van der Waals surface area contributed by atoms with Crippen LogP contribution in [-0.4, -0.2) is 60.7 Å². The van der Waals surface area contributed by atoms with Crippen molar-refractivity contribution in [2.45, 2.75) is 61.7 Å². The first-order valence-electron chi connectivity index (χ1n) is 11.6. The zero-order chi connectivity index (χ0) is 25.0. The molecule has 0 spiro atoms. The first kappa shape index (κ1) is 24.1. The number of carbonyl (C=O) groups is 3. The maximum Gasteiger partial charge on any atom is 0.410 e. The minimum absolute atomic E-state index is 0.232. The van der Waals surface area contributed by atoms with Crippen LogP contribution >= 0.6 is 11.6 Å². The van der Waals surface area contributed by atoms with Crippen LogP contribution in [0.25, 0.3) is 0 Å². The van der Waals surface area contributed by atoms with Crippen molar-refractivity contribution in [1.82, 2.24) is 20.3 Å². The van der Waals surface area contributed by atoms with Crippen LogP contribution in [0, 0.1) is 5.92 Å². The number of fused-ring (bicyclic) bond motifs is 1. The molecule has 12 heteroatoms. The van der Waals surface area contributed by atoms with Crippen LogP contribution in [0.5, 0.6) is 0 Å². The average molecular weight is 523 g/mol. The third-order valence-corrected chi connectivity index (χ3v) is 9.28. The molecule has 2 heterocycles. The Hall–Kier alpha value is -2.63. The molecule has 2 saturated carbocycles. The Kier molecular flexibility index (Phi) is 6.05. The molecule has 0 bridgehead atoms. The van der Waals surface area contributed by atoms with Crippen molar-refractivity contribution in [3.63, 3.8) is 0 Å². The number of sulfonamides is 1. The van der Waals surface area contributed by atoms with Crippen molar-refractivity contribution in [3.8, 4) is 0 Å². The maximum atomic E-state index is 12.9. The zero-order valence-corrected chi connectivity index (χ0v) is 20.5. The summed E-state index contributed by atoms with van der Waals surface area (Å²) in [5, 5.41) is 5.81. The molecule has 35 heavy (non-hydrogen) atoms. The Morgan fingerprint density at radius 3 is 2.69 bits per heavy atom. The van der Waals surface area contributed by atoms with Crippen LogP contribution in [0.2, 0.25) is 5.02 Å². The number of carbonyl (C=O) groups excluding carboxylic acids is 3. The zero-order valence-electron chi connectivity index (χ0n) is 19.0. The number of hydrogen-bond acceptors (Lipinski definition) is 7. The quantitative estimate of drug-likeness (QED) is 0.458. The van der Waals surface area contributed by atoms with E-state index in [1.54, 1.807) is 11.0 Å². The molecule has 2 aliphatic carbocycles. The van der Waals surface area contributed by atoms with Crippen molar-refractivity contribution in [2.24, 2.45) is 5.92 Å². The summed E-state index contributed by atoms with van der Waals surface area (Å²) in [5.74, 6) is -1.55. The highest BCUT2D eigenvalue weighted by atomic mass is 35.5. The minimum atomic E-state index is -3.74. The molecule has 1 aromatic rings. The Morgan fingerprint density at radius 1 is 1.26 bits per heavy atom. The first-order valence-corrected chi connectivity index (χ1v) is 13.5. The third kappa shape index (κ3) is 4.64. The lowest BCUT2D eigenvalue weighted by molar-refractivity contribution is -0.130. The van der Waals surface area contributed by atoms with E-state index in [0.717, 1.165) is 11.1 Å². The molecule has 0 radical (unpaired) electrons. The fraction of sp³-hybridized carbons (Fsp3) is 0.522. The van der Waals surface area contributed by atoms with Crippen LogP contribution in [0.3, 0.4) is 0 Å². The topological polar surface area (TPSA) is 134 Å². The average Bonchev–Trinajstić information content (AvgIpc) is 3.69. The molecule has 3 N–H and O–H groups in total. The predicted octanol–water partition coefficient (Wildman–Crippen LogP) is 1.19. The van der Waals surface area contributed by atoms with Crippen molar-refractivity contribution in [1.29, 1.82) is 0 Å². The largest absolute Gasteiger partial charge is 0.445 e. The summed E-state index contributed by atoms with van der Waals surface area (Å²) in [6, 6.07) is 4.85. The maximum absolute atomic E-state index is 12.9. The summed E-state index contributed by atoms with van der Waals surface area (Å²) < 4.78 is 32.2. The number of nitrogens with zero attached hydrogens (tertiary/aromatic N) is 1. The van der Waals surface area contributed by atoms with Crippen LogP contribution in [-0.2, 0) is 37.4 Å². The van der Waals surface area contributed by atoms with Crippen molar-refractivity contribution in [2.75, 3.05) is 6.54 Å². The molecule has 3 amide bonds. The summed E-state index contributed by atoms with van der Waals surface area (Å²) in [7, 11) is -3.74. The fourth-order valence-corrected chi connectivity index (χ4v) is 6.36. The van der Waals surface area contributed by atoms with E-state index in [1.165, 1.54) is 6.08 Å². The van der Waals surface area contributed by atoms with Crippen LogP contribution < -0.4 is 15.4 Å². The van der Waals surface area contributed by atoms with Gasteiger partial charge in [-0.25, -0.2) is 13.2 Å². The van der Waals surface area contributed by atoms with E-state index in [0.29, 0.717) is 31.0 Å². The van der Waals surface area contributed by atoms with Gasteiger partial charge in [0.15, 0.2) is 0 Å². The highest BCUT2D eigenvalue weighted by Gasteiger charge is 2.61. The third-order valence-electron chi connectivity index (χ3n) is 7.11. The van der Waals surface area contributed by atoms with Gasteiger partial charge in [-0.1, -0.05) is 29.8 Å². The van der Waals surface area contributed by atoms with Gasteiger partial charge in [-0.3, -0.25) is 19.2 Å². The van der Waals surface area contributed by atoms with Crippen LogP contribution in [0.4, 0.5) is 4.79 Å². The summed E-state index contributed by atoms with van der Waals surface area (Å²) in [5.41, 5.74) is 0.545. The monoisotopic (exact) mass is 522 g/mol. The highest BCUT2D eigenvalue weighted by Crippen LogP contribution is 2.45. The van der Waals surface area contributed by atoms with Gasteiger partial charge in [0.05, 0.1) is 17.8 Å². The number of nitrogens with one attached hydrogen (secondary N) is 3. The lowest BCUT2D eigenvalue weighted by Gasteiger charge is -2.21. The number of rotatable bonds is 7. The number of benzene rings is 1. The van der Waals surface area contributed by atoms with Gasteiger partial charge in [0.25, 0.3) is 5.91 Å². The van der Waals surface area contributed by atoms with Gasteiger partial charge in [-0.15, -0.1) is 6.58 Å². The molecule has 2 aliphatic heterocycles. The van der Waals surface area contributed by atoms with Gasteiger partial charge < -0.3 is 15.4 Å². The fourth-order valence-electron chi connectivity index (χ4n) is 4.74. The second-order valence-electron chi connectivity index (χ2n) is 9.62. The lowest BCUT2D eigenvalue weighted by atomic mass is 10.1. The van der Waals surface area contributed by atoms with E-state index in [-0.39, 0.29) is 25.3 Å². The Labute approximate surface area is 208 Å². The second-order valence-corrected chi connectivity index (χ2v) is 12.0. The highest BCUT2D eigenvalue weighted by molar-refractivity contribution is 7.91. The smallest absolute Gasteiger partial charge is 0.410 e. The molecule has 188 valence electrons. The van der Waals surface area contributed by atoms with E-state index in [9.17, 15) is 22.8 Å². The molecule has 0 aromatic heterocycles. The molecule has 1 saturated heterocycles. The summed E-state index contributed by atoms with van der Waals surface area (Å²) >= 11 is 6.22. The van der Waals surface area contributed by atoms with Gasteiger partial charge >= 0.3 is 6.09 Å². The first-order chi connectivity index (χ1) is 16.6. The SMILES string of the molecule is C=C[C@@H]1C[C@]1(NC(=O)[C@@H]1C[C@@H](OC(=O)N2Cc3cccc(Cl)c3C2)CN1)C(=O)NS(=O)(=O)C1CC1. The van der Waals surface area contributed by atoms with E-state index in [4.69, 9.17) is 16.3 Å². The van der Waals surface area contributed by atoms with Gasteiger partial charge in [-0.2, -0.15) is 0 Å². The summed E-state index contributed by atoms with van der Waals surface area (Å²) in [4.78, 5) is 40.0. The standard InChI is InChI=1S/C23H27ClN4O6S/c1-2-14-9-23(14,21(30)27-35(32,33)16-6-7-16)26-20(29)19-8-15(10-25-19)34-22(31)28-11-13-4-3-5-18(24)17(13)12-28/h2-5,14-16,19,25H,1,6-12H2,(H,26,29)(H,27,30)/t14-,15-,19+,23-/m1/s1. The van der Waals surface area contributed by atoms with E-state index in [2.05, 4.69) is 21.9 Å². The van der Waals surface area contributed by atoms with Crippen molar-refractivity contribution >= 4 is 39.5 Å². The summed E-state index contributed by atoms with van der Waals surface area (Å²) in [6.45, 7) is 4.74. The minimum Gasteiger partial charge on any atom is -0.445 e. The number of hydrogen-bond donors (Lipinski definition) is 3. The second kappa shape index (κ2) is 8.79. The molecular weight excluding hydrogens is 496 g/mol. The normalized spacial score (nSPS) is 29.3. The van der Waals surface area contributed by atoms with E-state index < -0.39 is 50.9 Å². The molecule has 5 rings (SSSR count). The van der Waals surface area contributed by atoms with Crippen LogP contribution in [0.15, 0.2) is 30.9 Å². The van der Waals surface area contributed by atoms with Gasteiger partial charge in [-0.05, 0) is 36.5 Å². The lowest BCUT2D eigenvalue weighted by Crippen LogP contribution is -2.55. The van der Waals surface area contributed by atoms with Gasteiger partial charge in [0, 0.05) is 30.5 Å². The van der Waals surface area contributed by atoms with Crippen molar-refractivity contribution in [3.05, 3.63) is 47.0 Å². The molecular formula is C23H27ClN4O6S.